The van der Waals surface area contributed by atoms with Crippen molar-refractivity contribution in [3.8, 4) is 0 Å². The van der Waals surface area contributed by atoms with Crippen molar-refractivity contribution in [2.24, 2.45) is 5.92 Å². The van der Waals surface area contributed by atoms with Gasteiger partial charge in [-0.3, -0.25) is 9.59 Å². The highest BCUT2D eigenvalue weighted by molar-refractivity contribution is 5.80. The lowest BCUT2D eigenvalue weighted by Crippen LogP contribution is -2.30. The number of benzene rings is 2. The predicted molar refractivity (Wildman–Crippen MR) is 115 cm³/mol. The predicted octanol–water partition coefficient (Wildman–Crippen LogP) is 5.70. The van der Waals surface area contributed by atoms with Crippen LogP contribution in [0.1, 0.15) is 63.6 Å². The molecule has 0 heterocycles. The molecule has 0 aliphatic rings. The standard InChI is InChI=1S/C25H30F2O4/c1-15-13-20(27)11-12-21(15)23(18-7-9-19(26)10-8-18)17(3)30-24(29)16(2)14-22(28)31-25(4,5)6/h7-13,16-17,23H,14H2,1-6H3/t16-,17+,23-/m1/s1. The molecule has 0 aliphatic heterocycles. The zero-order valence-corrected chi connectivity index (χ0v) is 18.9. The van der Waals surface area contributed by atoms with E-state index in [0.29, 0.717) is 5.56 Å². The van der Waals surface area contributed by atoms with Gasteiger partial charge in [-0.15, -0.1) is 0 Å². The molecule has 0 spiro atoms. The second-order valence-electron chi connectivity index (χ2n) is 8.86. The molecule has 2 aromatic rings. The van der Waals surface area contributed by atoms with Crippen LogP contribution in [-0.2, 0) is 19.1 Å². The minimum atomic E-state index is -0.694. The molecule has 0 saturated heterocycles. The van der Waals surface area contributed by atoms with Crippen LogP contribution in [0.15, 0.2) is 42.5 Å². The molecule has 0 aromatic heterocycles. The van der Waals surface area contributed by atoms with Crippen LogP contribution in [0.3, 0.4) is 0 Å². The Bertz CT molecular complexity index is 916. The highest BCUT2D eigenvalue weighted by Gasteiger charge is 2.29. The first-order chi connectivity index (χ1) is 14.4. The molecule has 0 fully saturated rings. The SMILES string of the molecule is Cc1cc(F)ccc1[C@@H](c1ccc(F)cc1)[C@H](C)OC(=O)[C@H](C)CC(=O)OC(C)(C)C. The van der Waals surface area contributed by atoms with E-state index in [1.807, 2.05) is 0 Å². The molecule has 4 nitrogen and oxygen atoms in total. The van der Waals surface area contributed by atoms with Gasteiger partial charge >= 0.3 is 11.9 Å². The molecule has 2 aromatic carbocycles. The number of aryl methyl sites for hydroxylation is 1. The molecule has 168 valence electrons. The largest absolute Gasteiger partial charge is 0.461 e. The third kappa shape index (κ3) is 7.16. The average Bonchev–Trinajstić information content (AvgIpc) is 2.63. The molecular weight excluding hydrogens is 402 g/mol. The van der Waals surface area contributed by atoms with E-state index in [1.165, 1.54) is 24.3 Å². The minimum absolute atomic E-state index is 0.0976. The topological polar surface area (TPSA) is 52.6 Å². The number of carbonyl (C=O) groups excluding carboxylic acids is 2. The van der Waals surface area contributed by atoms with Crippen LogP contribution < -0.4 is 0 Å². The Kier molecular flexibility index (Phi) is 7.93. The first-order valence-electron chi connectivity index (χ1n) is 10.3. The maximum Gasteiger partial charge on any atom is 0.309 e. The smallest absolute Gasteiger partial charge is 0.309 e. The lowest BCUT2D eigenvalue weighted by molar-refractivity contribution is -0.163. The van der Waals surface area contributed by atoms with Gasteiger partial charge in [0.25, 0.3) is 0 Å². The molecule has 6 heteroatoms. The van der Waals surface area contributed by atoms with E-state index in [1.54, 1.807) is 59.7 Å². The number of hydrogen-bond donors (Lipinski definition) is 0. The van der Waals surface area contributed by atoms with E-state index in [9.17, 15) is 18.4 Å². The summed E-state index contributed by atoms with van der Waals surface area (Å²) in [4.78, 5) is 24.7. The van der Waals surface area contributed by atoms with Crippen molar-refractivity contribution in [1.82, 2.24) is 0 Å². The molecule has 0 unspecified atom stereocenters. The third-order valence-corrected chi connectivity index (χ3v) is 4.86. The number of halogens is 2. The van der Waals surface area contributed by atoms with Crippen LogP contribution >= 0.6 is 0 Å². The lowest BCUT2D eigenvalue weighted by Gasteiger charge is -2.27. The van der Waals surface area contributed by atoms with Gasteiger partial charge in [0, 0.05) is 5.92 Å². The average molecular weight is 433 g/mol. The normalized spacial score (nSPS) is 14.5. The van der Waals surface area contributed by atoms with Gasteiger partial charge in [0.2, 0.25) is 0 Å². The third-order valence-electron chi connectivity index (χ3n) is 4.86. The Labute approximate surface area is 182 Å². The van der Waals surface area contributed by atoms with Crippen LogP contribution in [-0.4, -0.2) is 23.6 Å². The second kappa shape index (κ2) is 10.0. The number of ether oxygens (including phenoxy) is 2. The van der Waals surface area contributed by atoms with Gasteiger partial charge < -0.3 is 9.47 Å². The minimum Gasteiger partial charge on any atom is -0.461 e. The van der Waals surface area contributed by atoms with E-state index in [4.69, 9.17) is 9.47 Å². The summed E-state index contributed by atoms with van der Waals surface area (Å²) in [5.74, 6) is -2.89. The van der Waals surface area contributed by atoms with Crippen LogP contribution in [0.25, 0.3) is 0 Å². The second-order valence-corrected chi connectivity index (χ2v) is 8.86. The molecule has 0 bridgehead atoms. The monoisotopic (exact) mass is 432 g/mol. The highest BCUT2D eigenvalue weighted by atomic mass is 19.1. The summed E-state index contributed by atoms with van der Waals surface area (Å²) in [5.41, 5.74) is 1.56. The van der Waals surface area contributed by atoms with Crippen molar-refractivity contribution < 1.29 is 27.8 Å². The maximum absolute atomic E-state index is 13.6. The summed E-state index contributed by atoms with van der Waals surface area (Å²) in [6, 6.07) is 10.3. The summed E-state index contributed by atoms with van der Waals surface area (Å²) in [5, 5.41) is 0. The fraction of sp³-hybridized carbons (Fsp3) is 0.440. The molecule has 31 heavy (non-hydrogen) atoms. The van der Waals surface area contributed by atoms with E-state index in [-0.39, 0.29) is 18.1 Å². The van der Waals surface area contributed by atoms with E-state index < -0.39 is 35.5 Å². The molecule has 2 rings (SSSR count). The Balaban J connectivity index is 2.23. The van der Waals surface area contributed by atoms with Crippen molar-refractivity contribution in [3.05, 3.63) is 70.8 Å². The van der Waals surface area contributed by atoms with Crippen LogP contribution in [0.2, 0.25) is 0 Å². The first kappa shape index (κ1) is 24.5. The van der Waals surface area contributed by atoms with E-state index in [2.05, 4.69) is 0 Å². The zero-order chi connectivity index (χ0) is 23.3. The van der Waals surface area contributed by atoms with Gasteiger partial charge in [-0.25, -0.2) is 8.78 Å². The molecule has 0 saturated carbocycles. The molecular formula is C25H30F2O4. The zero-order valence-electron chi connectivity index (χ0n) is 18.9. The van der Waals surface area contributed by atoms with Gasteiger partial charge in [-0.1, -0.05) is 25.1 Å². The van der Waals surface area contributed by atoms with Crippen LogP contribution in [0.5, 0.6) is 0 Å². The van der Waals surface area contributed by atoms with Crippen LogP contribution in [0.4, 0.5) is 8.78 Å². The molecule has 3 atom stereocenters. The van der Waals surface area contributed by atoms with Crippen molar-refractivity contribution >= 4 is 11.9 Å². The van der Waals surface area contributed by atoms with Crippen molar-refractivity contribution in [3.63, 3.8) is 0 Å². The lowest BCUT2D eigenvalue weighted by atomic mass is 9.84. The van der Waals surface area contributed by atoms with Crippen molar-refractivity contribution in [2.75, 3.05) is 0 Å². The Morgan fingerprint density at radius 3 is 2.10 bits per heavy atom. The van der Waals surface area contributed by atoms with Gasteiger partial charge in [-0.2, -0.15) is 0 Å². The van der Waals surface area contributed by atoms with Gasteiger partial charge in [0.1, 0.15) is 23.3 Å². The maximum atomic E-state index is 13.6. The summed E-state index contributed by atoms with van der Waals surface area (Å²) < 4.78 is 38.1. The fourth-order valence-corrected chi connectivity index (χ4v) is 3.45. The first-order valence-corrected chi connectivity index (χ1v) is 10.3. The molecule has 0 radical (unpaired) electrons. The van der Waals surface area contributed by atoms with Crippen molar-refractivity contribution in [1.29, 1.82) is 0 Å². The summed E-state index contributed by atoms with van der Waals surface area (Å²) in [6.45, 7) is 10.4. The summed E-state index contributed by atoms with van der Waals surface area (Å²) in [6.07, 6.45) is -0.734. The van der Waals surface area contributed by atoms with Gasteiger partial charge in [-0.05, 0) is 75.6 Å². The van der Waals surface area contributed by atoms with Crippen molar-refractivity contribution in [2.45, 2.75) is 65.6 Å². The Hall–Kier alpha value is -2.76. The number of rotatable bonds is 7. The van der Waals surface area contributed by atoms with E-state index in [0.717, 1.165) is 11.1 Å². The molecule has 0 amide bonds. The van der Waals surface area contributed by atoms with Gasteiger partial charge in [0.05, 0.1) is 12.3 Å². The number of esters is 2. The Morgan fingerprint density at radius 2 is 1.55 bits per heavy atom. The van der Waals surface area contributed by atoms with Gasteiger partial charge in [0.15, 0.2) is 0 Å². The fourth-order valence-electron chi connectivity index (χ4n) is 3.45. The quantitative estimate of drug-likeness (QED) is 0.526. The summed E-state index contributed by atoms with van der Waals surface area (Å²) in [7, 11) is 0. The summed E-state index contributed by atoms with van der Waals surface area (Å²) >= 11 is 0. The number of hydrogen-bond acceptors (Lipinski definition) is 4. The Morgan fingerprint density at radius 1 is 0.968 bits per heavy atom. The molecule has 0 aliphatic carbocycles. The highest BCUT2D eigenvalue weighted by Crippen LogP contribution is 2.33. The molecule has 0 N–H and O–H groups in total. The van der Waals surface area contributed by atoms with E-state index >= 15 is 0 Å². The number of carbonyl (C=O) groups is 2. The van der Waals surface area contributed by atoms with Crippen LogP contribution in [0, 0.1) is 24.5 Å².